The summed E-state index contributed by atoms with van der Waals surface area (Å²) in [5.41, 5.74) is -4.89. The van der Waals surface area contributed by atoms with Crippen molar-refractivity contribution in [2.75, 3.05) is 11.0 Å². The minimum absolute atomic E-state index is 0.0928. The quantitative estimate of drug-likeness (QED) is 0.265. The van der Waals surface area contributed by atoms with E-state index in [4.69, 9.17) is 9.47 Å². The van der Waals surface area contributed by atoms with Crippen molar-refractivity contribution in [3.8, 4) is 0 Å². The van der Waals surface area contributed by atoms with Crippen molar-refractivity contribution in [2.45, 2.75) is 41.9 Å². The van der Waals surface area contributed by atoms with Crippen LogP contribution in [0.2, 0.25) is 0 Å². The largest absolute Gasteiger partial charge is 0.465 e. The van der Waals surface area contributed by atoms with Crippen LogP contribution in [0, 0.1) is 5.41 Å². The molecule has 8 heteroatoms. The summed E-state index contributed by atoms with van der Waals surface area (Å²) in [6, 6.07) is 6.16. The summed E-state index contributed by atoms with van der Waals surface area (Å²) in [7, 11) is 0. The van der Waals surface area contributed by atoms with Crippen LogP contribution in [0.15, 0.2) is 29.2 Å². The number of benzene rings is 1. The third kappa shape index (κ3) is 3.16. The van der Waals surface area contributed by atoms with Crippen molar-refractivity contribution in [3.63, 3.8) is 0 Å². The molecule has 3 nitrogen and oxygen atoms in total. The predicted octanol–water partition coefficient (Wildman–Crippen LogP) is 4.89. The number of halogens is 4. The molecular formula is C16H16F3IO3S. The second-order valence-corrected chi connectivity index (χ2v) is 8.07. The molecule has 1 atom stereocenters. The summed E-state index contributed by atoms with van der Waals surface area (Å²) in [5.74, 6) is -0.318. The molecule has 3 aliphatic rings. The van der Waals surface area contributed by atoms with Crippen molar-refractivity contribution in [3.05, 3.63) is 29.8 Å². The maximum Gasteiger partial charge on any atom is 0.446 e. The molecule has 2 heterocycles. The van der Waals surface area contributed by atoms with E-state index < -0.39 is 17.0 Å². The minimum atomic E-state index is -4.35. The van der Waals surface area contributed by atoms with Gasteiger partial charge >= 0.3 is 11.5 Å². The van der Waals surface area contributed by atoms with E-state index >= 15 is 0 Å². The molecule has 132 valence electrons. The summed E-state index contributed by atoms with van der Waals surface area (Å²) in [4.78, 5) is 12.6. The third-order valence-electron chi connectivity index (χ3n) is 4.46. The summed E-state index contributed by atoms with van der Waals surface area (Å²) >= 11 is 2.06. The zero-order chi connectivity index (χ0) is 17.6. The van der Waals surface area contributed by atoms with Crippen molar-refractivity contribution >= 4 is 40.3 Å². The van der Waals surface area contributed by atoms with Crippen LogP contribution >= 0.6 is 34.4 Å². The number of fused-ring (bicyclic) bond motifs is 1. The number of carbonyl (C=O) groups is 1. The van der Waals surface area contributed by atoms with Gasteiger partial charge in [-0.15, -0.1) is 0 Å². The molecular weight excluding hydrogens is 456 g/mol. The lowest BCUT2D eigenvalue weighted by Crippen LogP contribution is -2.50. The first-order valence-electron chi connectivity index (χ1n) is 7.50. The summed E-state index contributed by atoms with van der Waals surface area (Å²) in [5, 5.41) is 0. The molecule has 1 aromatic rings. The second-order valence-electron chi connectivity index (χ2n) is 6.16. The van der Waals surface area contributed by atoms with Crippen molar-refractivity contribution in [1.82, 2.24) is 0 Å². The number of hydrogen-bond acceptors (Lipinski definition) is 4. The lowest BCUT2D eigenvalue weighted by Gasteiger charge is -2.42. The molecule has 0 aromatic heterocycles. The van der Waals surface area contributed by atoms with Gasteiger partial charge < -0.3 is 9.47 Å². The van der Waals surface area contributed by atoms with E-state index in [1.807, 2.05) is 0 Å². The summed E-state index contributed by atoms with van der Waals surface area (Å²) in [6.45, 7) is 2.01. The van der Waals surface area contributed by atoms with E-state index in [2.05, 4.69) is 22.6 Å². The number of rotatable bonds is 5. The molecule has 1 aromatic carbocycles. The van der Waals surface area contributed by atoms with Crippen LogP contribution in [-0.2, 0) is 14.3 Å². The first kappa shape index (κ1) is 18.3. The highest BCUT2D eigenvalue weighted by Gasteiger charge is 2.72. The number of carbonyl (C=O) groups excluding carboxylic acids is 1. The van der Waals surface area contributed by atoms with Gasteiger partial charge in [-0.2, -0.15) is 13.2 Å². The molecule has 0 amide bonds. The predicted molar refractivity (Wildman–Crippen MR) is 92.1 cm³/mol. The highest BCUT2D eigenvalue weighted by Crippen LogP contribution is 2.68. The Labute approximate surface area is 155 Å². The van der Waals surface area contributed by atoms with Crippen molar-refractivity contribution in [2.24, 2.45) is 5.41 Å². The van der Waals surface area contributed by atoms with Gasteiger partial charge in [-0.25, -0.2) is 0 Å². The van der Waals surface area contributed by atoms with Gasteiger partial charge in [0.2, 0.25) is 0 Å². The molecule has 0 radical (unpaired) electrons. The lowest BCUT2D eigenvalue weighted by atomic mass is 9.60. The van der Waals surface area contributed by atoms with Crippen LogP contribution in [0.3, 0.4) is 0 Å². The van der Waals surface area contributed by atoms with E-state index in [0.29, 0.717) is 18.4 Å². The smallest absolute Gasteiger partial charge is 0.446 e. The average Bonchev–Trinajstić information content (AvgIpc) is 2.97. The molecule has 4 rings (SSSR count). The fourth-order valence-electron chi connectivity index (χ4n) is 3.64. The van der Waals surface area contributed by atoms with Crippen LogP contribution in [0.4, 0.5) is 13.2 Å². The van der Waals surface area contributed by atoms with Gasteiger partial charge in [0.25, 0.3) is 0 Å². The van der Waals surface area contributed by atoms with Gasteiger partial charge in [0.05, 0.1) is 18.3 Å². The fraction of sp³-hybridized carbons (Fsp3) is 0.562. The number of hydrogen-bond donors (Lipinski definition) is 0. The van der Waals surface area contributed by atoms with Gasteiger partial charge in [0.1, 0.15) is 5.41 Å². The Kier molecular flexibility index (Phi) is 4.85. The monoisotopic (exact) mass is 472 g/mol. The molecule has 1 saturated carbocycles. The highest BCUT2D eigenvalue weighted by molar-refractivity contribution is 14.1. The molecule has 24 heavy (non-hydrogen) atoms. The molecule has 0 spiro atoms. The zero-order valence-electron chi connectivity index (χ0n) is 12.9. The first-order chi connectivity index (χ1) is 11.2. The summed E-state index contributed by atoms with van der Waals surface area (Å²) < 4.78 is 49.9. The lowest BCUT2D eigenvalue weighted by molar-refractivity contribution is -0.161. The Hall–Kier alpha value is -0.480. The van der Waals surface area contributed by atoms with Crippen molar-refractivity contribution in [1.29, 1.82) is 0 Å². The normalized spacial score (nSPS) is 31.6. The Morgan fingerprint density at radius 1 is 1.46 bits per heavy atom. The van der Waals surface area contributed by atoms with E-state index in [-0.39, 0.29) is 34.8 Å². The maximum atomic E-state index is 12.6. The van der Waals surface area contributed by atoms with Gasteiger partial charge in [0, 0.05) is 9.32 Å². The standard InChI is InChI=1S/C16H16F3IO3S/c1-2-22-13(21)15-7-14(8-15,9-20)23-12(15)10-4-3-5-11(6-10)24-16(17,18)19/h3-6,12H,2,7-9H2,1H3. The number of thioether (sulfide) groups is 1. The Morgan fingerprint density at radius 2 is 2.17 bits per heavy atom. The SMILES string of the molecule is CCOC(=O)C12CC(CI)(C1)OC2c1cccc(SC(F)(F)F)c1. The molecule has 2 saturated heterocycles. The van der Waals surface area contributed by atoms with Crippen LogP contribution in [0.25, 0.3) is 0 Å². The average molecular weight is 472 g/mol. The molecule has 1 unspecified atom stereocenters. The van der Waals surface area contributed by atoms with E-state index in [1.165, 1.54) is 12.1 Å². The Bertz CT molecular complexity index is 644. The van der Waals surface area contributed by atoms with Crippen LogP contribution in [0.1, 0.15) is 31.4 Å². The fourth-order valence-corrected chi connectivity index (χ4v) is 4.97. The zero-order valence-corrected chi connectivity index (χ0v) is 15.8. The summed E-state index contributed by atoms with van der Waals surface area (Å²) in [6.07, 6.45) is 0.562. The van der Waals surface area contributed by atoms with Gasteiger partial charge in [-0.3, -0.25) is 4.79 Å². The number of alkyl halides is 4. The van der Waals surface area contributed by atoms with Crippen LogP contribution < -0.4 is 0 Å². The van der Waals surface area contributed by atoms with E-state index in [0.717, 1.165) is 4.43 Å². The maximum absolute atomic E-state index is 12.6. The molecule has 2 bridgehead atoms. The van der Waals surface area contributed by atoms with E-state index in [9.17, 15) is 18.0 Å². The number of esters is 1. The van der Waals surface area contributed by atoms with Crippen molar-refractivity contribution < 1.29 is 27.4 Å². The number of ether oxygens (including phenoxy) is 2. The second kappa shape index (κ2) is 6.35. The van der Waals surface area contributed by atoms with Gasteiger partial charge in [0.15, 0.2) is 0 Å². The minimum Gasteiger partial charge on any atom is -0.465 e. The topological polar surface area (TPSA) is 35.5 Å². The van der Waals surface area contributed by atoms with Gasteiger partial charge in [-0.05, 0) is 49.2 Å². The first-order valence-corrected chi connectivity index (χ1v) is 9.84. The highest BCUT2D eigenvalue weighted by atomic mass is 127. The molecule has 3 fully saturated rings. The van der Waals surface area contributed by atoms with Crippen LogP contribution in [-0.4, -0.2) is 28.1 Å². The van der Waals surface area contributed by atoms with Gasteiger partial charge in [-0.1, -0.05) is 34.7 Å². The molecule has 1 aliphatic carbocycles. The molecule has 0 N–H and O–H groups in total. The molecule has 2 aliphatic heterocycles. The van der Waals surface area contributed by atoms with Crippen LogP contribution in [0.5, 0.6) is 0 Å². The Balaban J connectivity index is 1.90. The van der Waals surface area contributed by atoms with E-state index in [1.54, 1.807) is 19.1 Å². The third-order valence-corrected chi connectivity index (χ3v) is 6.58. The Morgan fingerprint density at radius 3 is 2.75 bits per heavy atom.